The molecule has 94 valence electrons. The molecule has 0 bridgehead atoms. The molecule has 0 fully saturated rings. The van der Waals surface area contributed by atoms with Gasteiger partial charge in [-0.3, -0.25) is 4.98 Å². The highest BCUT2D eigenvalue weighted by molar-refractivity contribution is 9.10. The SMILES string of the molecule is Cc1ccc(Br)cc1C(N)Cc1ncccc1C. The molecular formula is C15H17BrN2. The van der Waals surface area contributed by atoms with Crippen molar-refractivity contribution in [1.29, 1.82) is 0 Å². The van der Waals surface area contributed by atoms with Gasteiger partial charge in [-0.25, -0.2) is 0 Å². The Hall–Kier alpha value is -1.19. The first-order chi connectivity index (χ1) is 8.58. The molecule has 2 aromatic rings. The summed E-state index contributed by atoms with van der Waals surface area (Å²) in [6, 6.07) is 10.2. The van der Waals surface area contributed by atoms with E-state index >= 15 is 0 Å². The van der Waals surface area contributed by atoms with Crippen LogP contribution in [0, 0.1) is 13.8 Å². The van der Waals surface area contributed by atoms with Crippen LogP contribution in [-0.4, -0.2) is 4.98 Å². The number of rotatable bonds is 3. The van der Waals surface area contributed by atoms with Gasteiger partial charge >= 0.3 is 0 Å². The molecule has 0 aliphatic carbocycles. The predicted octanol–water partition coefficient (Wildman–Crippen LogP) is 3.70. The number of aryl methyl sites for hydroxylation is 2. The number of pyridine rings is 1. The van der Waals surface area contributed by atoms with E-state index in [2.05, 4.69) is 53.0 Å². The first kappa shape index (κ1) is 13.2. The second kappa shape index (κ2) is 5.63. The van der Waals surface area contributed by atoms with E-state index in [1.807, 2.05) is 18.3 Å². The van der Waals surface area contributed by atoms with Gasteiger partial charge in [0.2, 0.25) is 0 Å². The predicted molar refractivity (Wildman–Crippen MR) is 78.5 cm³/mol. The van der Waals surface area contributed by atoms with Crippen molar-refractivity contribution in [1.82, 2.24) is 4.98 Å². The molecule has 3 heteroatoms. The summed E-state index contributed by atoms with van der Waals surface area (Å²) in [5.74, 6) is 0. The molecule has 2 N–H and O–H groups in total. The van der Waals surface area contributed by atoms with E-state index in [0.29, 0.717) is 0 Å². The molecule has 1 unspecified atom stereocenters. The van der Waals surface area contributed by atoms with Gasteiger partial charge in [0.25, 0.3) is 0 Å². The molecule has 1 atom stereocenters. The van der Waals surface area contributed by atoms with Crippen LogP contribution < -0.4 is 5.73 Å². The van der Waals surface area contributed by atoms with E-state index in [-0.39, 0.29) is 6.04 Å². The molecule has 0 amide bonds. The molecule has 1 aromatic heterocycles. The van der Waals surface area contributed by atoms with Gasteiger partial charge < -0.3 is 5.73 Å². The zero-order valence-corrected chi connectivity index (χ0v) is 12.2. The summed E-state index contributed by atoms with van der Waals surface area (Å²) in [6.07, 6.45) is 2.59. The molecule has 0 aliphatic rings. The second-order valence-electron chi connectivity index (χ2n) is 4.58. The smallest absolute Gasteiger partial charge is 0.0451 e. The summed E-state index contributed by atoms with van der Waals surface area (Å²) in [7, 11) is 0. The summed E-state index contributed by atoms with van der Waals surface area (Å²) in [5, 5.41) is 0. The van der Waals surface area contributed by atoms with Crippen molar-refractivity contribution in [2.24, 2.45) is 5.73 Å². The molecular weight excluding hydrogens is 288 g/mol. The lowest BCUT2D eigenvalue weighted by molar-refractivity contribution is 0.697. The van der Waals surface area contributed by atoms with E-state index in [1.54, 1.807) is 0 Å². The van der Waals surface area contributed by atoms with Crippen molar-refractivity contribution < 1.29 is 0 Å². The Balaban J connectivity index is 2.25. The van der Waals surface area contributed by atoms with E-state index in [9.17, 15) is 0 Å². The molecule has 0 spiro atoms. The van der Waals surface area contributed by atoms with E-state index < -0.39 is 0 Å². The number of nitrogens with two attached hydrogens (primary N) is 1. The molecule has 1 aromatic carbocycles. The molecule has 2 rings (SSSR count). The Bertz CT molecular complexity index is 552. The van der Waals surface area contributed by atoms with Crippen LogP contribution in [0.15, 0.2) is 41.0 Å². The summed E-state index contributed by atoms with van der Waals surface area (Å²) in [5.41, 5.74) is 11.0. The number of nitrogens with zero attached hydrogens (tertiary/aromatic N) is 1. The molecule has 0 saturated heterocycles. The quantitative estimate of drug-likeness (QED) is 0.939. The highest BCUT2D eigenvalue weighted by atomic mass is 79.9. The molecule has 0 saturated carbocycles. The van der Waals surface area contributed by atoms with Gasteiger partial charge in [0.05, 0.1) is 0 Å². The average molecular weight is 305 g/mol. The molecule has 2 nitrogen and oxygen atoms in total. The van der Waals surface area contributed by atoms with Crippen LogP contribution in [0.1, 0.15) is 28.4 Å². The minimum Gasteiger partial charge on any atom is -0.324 e. The number of hydrogen-bond acceptors (Lipinski definition) is 2. The minimum atomic E-state index is -0.0175. The van der Waals surface area contributed by atoms with Crippen molar-refractivity contribution in [3.8, 4) is 0 Å². The summed E-state index contributed by atoms with van der Waals surface area (Å²) in [6.45, 7) is 4.16. The fourth-order valence-electron chi connectivity index (χ4n) is 2.06. The van der Waals surface area contributed by atoms with Gasteiger partial charge in [-0.2, -0.15) is 0 Å². The monoisotopic (exact) mass is 304 g/mol. The van der Waals surface area contributed by atoms with Crippen LogP contribution in [0.2, 0.25) is 0 Å². The maximum atomic E-state index is 6.30. The Kier molecular flexibility index (Phi) is 4.15. The Labute approximate surface area is 116 Å². The summed E-state index contributed by atoms with van der Waals surface area (Å²) < 4.78 is 1.07. The summed E-state index contributed by atoms with van der Waals surface area (Å²) >= 11 is 3.49. The third-order valence-electron chi connectivity index (χ3n) is 3.17. The topological polar surface area (TPSA) is 38.9 Å². The van der Waals surface area contributed by atoms with Crippen LogP contribution in [0.3, 0.4) is 0 Å². The fraction of sp³-hybridized carbons (Fsp3) is 0.267. The molecule has 0 radical (unpaired) electrons. The van der Waals surface area contributed by atoms with E-state index in [0.717, 1.165) is 16.6 Å². The lowest BCUT2D eigenvalue weighted by Gasteiger charge is -2.16. The van der Waals surface area contributed by atoms with Crippen molar-refractivity contribution in [3.63, 3.8) is 0 Å². The van der Waals surface area contributed by atoms with Crippen LogP contribution in [0.25, 0.3) is 0 Å². The third kappa shape index (κ3) is 2.98. The molecule has 1 heterocycles. The van der Waals surface area contributed by atoms with Gasteiger partial charge in [-0.15, -0.1) is 0 Å². The van der Waals surface area contributed by atoms with E-state index in [1.165, 1.54) is 16.7 Å². The van der Waals surface area contributed by atoms with Gasteiger partial charge in [0.15, 0.2) is 0 Å². The number of halogens is 1. The van der Waals surface area contributed by atoms with Crippen LogP contribution >= 0.6 is 15.9 Å². The van der Waals surface area contributed by atoms with Gasteiger partial charge in [0.1, 0.15) is 0 Å². The maximum absolute atomic E-state index is 6.30. The van der Waals surface area contributed by atoms with Gasteiger partial charge in [-0.05, 0) is 48.7 Å². The standard InChI is InChI=1S/C15H17BrN2/c1-10-5-6-12(16)8-13(10)14(17)9-15-11(2)4-3-7-18-15/h3-8,14H,9,17H2,1-2H3. The normalized spacial score (nSPS) is 12.4. The fourth-order valence-corrected chi connectivity index (χ4v) is 2.44. The first-order valence-corrected chi connectivity index (χ1v) is 6.79. The third-order valence-corrected chi connectivity index (χ3v) is 3.67. The Morgan fingerprint density at radius 1 is 1.22 bits per heavy atom. The number of hydrogen-bond donors (Lipinski definition) is 1. The van der Waals surface area contributed by atoms with Crippen LogP contribution in [0.4, 0.5) is 0 Å². The second-order valence-corrected chi connectivity index (χ2v) is 5.49. The minimum absolute atomic E-state index is 0.0175. The highest BCUT2D eigenvalue weighted by Gasteiger charge is 2.12. The van der Waals surface area contributed by atoms with Crippen molar-refractivity contribution in [3.05, 3.63) is 63.4 Å². The lowest BCUT2D eigenvalue weighted by Crippen LogP contribution is -2.16. The number of benzene rings is 1. The van der Waals surface area contributed by atoms with Crippen LogP contribution in [0.5, 0.6) is 0 Å². The van der Waals surface area contributed by atoms with Crippen LogP contribution in [-0.2, 0) is 6.42 Å². The van der Waals surface area contributed by atoms with Gasteiger partial charge in [-0.1, -0.05) is 28.1 Å². The largest absolute Gasteiger partial charge is 0.324 e. The lowest BCUT2D eigenvalue weighted by atomic mass is 9.97. The van der Waals surface area contributed by atoms with Crippen molar-refractivity contribution >= 4 is 15.9 Å². The Morgan fingerprint density at radius 3 is 2.72 bits per heavy atom. The Morgan fingerprint density at radius 2 is 2.00 bits per heavy atom. The maximum Gasteiger partial charge on any atom is 0.0451 e. The zero-order chi connectivity index (χ0) is 13.1. The average Bonchev–Trinajstić information content (AvgIpc) is 2.35. The summed E-state index contributed by atoms with van der Waals surface area (Å²) in [4.78, 5) is 4.40. The van der Waals surface area contributed by atoms with Gasteiger partial charge in [0, 0.05) is 28.8 Å². The van der Waals surface area contributed by atoms with Crippen molar-refractivity contribution in [2.45, 2.75) is 26.3 Å². The number of aromatic nitrogens is 1. The van der Waals surface area contributed by atoms with Crippen molar-refractivity contribution in [2.75, 3.05) is 0 Å². The first-order valence-electron chi connectivity index (χ1n) is 6.00. The molecule has 0 aliphatic heterocycles. The van der Waals surface area contributed by atoms with E-state index in [4.69, 9.17) is 5.73 Å². The zero-order valence-electron chi connectivity index (χ0n) is 10.7. The molecule has 18 heavy (non-hydrogen) atoms. The highest BCUT2D eigenvalue weighted by Crippen LogP contribution is 2.23.